The summed E-state index contributed by atoms with van der Waals surface area (Å²) < 4.78 is 0. The molecule has 1 atom stereocenters. The molecule has 3 aliphatic rings. The van der Waals surface area contributed by atoms with Crippen molar-refractivity contribution in [3.05, 3.63) is 30.3 Å². The third-order valence-electron chi connectivity index (χ3n) is 7.61. The molecule has 0 bridgehead atoms. The number of benzene rings is 1. The highest BCUT2D eigenvalue weighted by atomic mass is 35.5. The molecular weight excluding hydrogens is 368 g/mol. The molecule has 1 aliphatic carbocycles. The van der Waals surface area contributed by atoms with Gasteiger partial charge in [-0.3, -0.25) is 0 Å². The molecule has 3 fully saturated rings. The molecule has 3 nitrogen and oxygen atoms in total. The summed E-state index contributed by atoms with van der Waals surface area (Å²) in [5, 5.41) is 10.9. The maximum Gasteiger partial charge on any atom is 0.0789 e. The van der Waals surface area contributed by atoms with Crippen LogP contribution in [0.3, 0.4) is 0 Å². The molecule has 28 heavy (non-hydrogen) atoms. The lowest BCUT2D eigenvalue weighted by molar-refractivity contribution is 0.0371. The standard InChI is InChI=1S/C24H38N2O.ClH/c27-23-15-18-26(22-13-9-6-10-14-22)24(23)16-19-25(20-17-24)21-11-7-4-2-1-3-5-8-12-21;/h6,9-10,13-14,21,23,27H,1-5,7-8,11-12,15-20H2;1H/t23-;/m0./s1. The highest BCUT2D eigenvalue weighted by Crippen LogP contribution is 2.42. The van der Waals surface area contributed by atoms with Crippen LogP contribution in [0.1, 0.15) is 77.0 Å². The fourth-order valence-corrected chi connectivity index (χ4v) is 5.95. The lowest BCUT2D eigenvalue weighted by Crippen LogP contribution is -2.58. The SMILES string of the molecule is Cl.O[C@H]1CCN(c2ccccc2)C12CCN(C1CCCCCCCCC1)CC2. The van der Waals surface area contributed by atoms with Gasteiger partial charge in [0.25, 0.3) is 0 Å². The van der Waals surface area contributed by atoms with Crippen molar-refractivity contribution >= 4 is 18.1 Å². The van der Waals surface area contributed by atoms with Crippen molar-refractivity contribution in [2.24, 2.45) is 0 Å². The van der Waals surface area contributed by atoms with Gasteiger partial charge >= 0.3 is 0 Å². The molecule has 1 N–H and O–H groups in total. The van der Waals surface area contributed by atoms with Gasteiger partial charge in [0.05, 0.1) is 11.6 Å². The van der Waals surface area contributed by atoms with Gasteiger partial charge in [0, 0.05) is 31.4 Å². The third-order valence-corrected chi connectivity index (χ3v) is 7.61. The van der Waals surface area contributed by atoms with Crippen LogP contribution in [-0.4, -0.2) is 47.3 Å². The summed E-state index contributed by atoms with van der Waals surface area (Å²) in [6.45, 7) is 3.31. The van der Waals surface area contributed by atoms with E-state index in [0.29, 0.717) is 0 Å². The molecule has 4 heteroatoms. The minimum atomic E-state index is -0.177. The Hall–Kier alpha value is -0.770. The van der Waals surface area contributed by atoms with Crippen LogP contribution in [0.5, 0.6) is 0 Å². The predicted molar refractivity (Wildman–Crippen MR) is 121 cm³/mol. The third kappa shape index (κ3) is 4.68. The first-order valence-corrected chi connectivity index (χ1v) is 11.5. The number of piperidine rings is 1. The predicted octanol–water partition coefficient (Wildman–Crippen LogP) is 5.41. The molecule has 158 valence electrons. The van der Waals surface area contributed by atoms with Gasteiger partial charge in [-0.25, -0.2) is 0 Å². The van der Waals surface area contributed by atoms with Gasteiger partial charge in [0.15, 0.2) is 0 Å². The number of halogens is 1. The molecular formula is C24H39ClN2O. The van der Waals surface area contributed by atoms with E-state index in [0.717, 1.165) is 44.9 Å². The van der Waals surface area contributed by atoms with Crippen LogP contribution in [0.2, 0.25) is 0 Å². The largest absolute Gasteiger partial charge is 0.391 e. The molecule has 1 aromatic rings. The Bertz CT molecular complexity index is 563. The van der Waals surface area contributed by atoms with Crippen LogP contribution >= 0.6 is 12.4 Å². The number of hydrogen-bond acceptors (Lipinski definition) is 3. The van der Waals surface area contributed by atoms with Gasteiger partial charge < -0.3 is 14.9 Å². The van der Waals surface area contributed by atoms with Crippen LogP contribution in [0, 0.1) is 0 Å². The molecule has 2 saturated heterocycles. The second-order valence-electron chi connectivity index (χ2n) is 9.14. The molecule has 0 aromatic heterocycles. The zero-order chi connectivity index (χ0) is 18.5. The van der Waals surface area contributed by atoms with E-state index in [4.69, 9.17) is 0 Å². The van der Waals surface area contributed by atoms with Crippen LogP contribution in [-0.2, 0) is 0 Å². The minimum absolute atomic E-state index is 0. The Morgan fingerprint density at radius 2 is 1.32 bits per heavy atom. The van der Waals surface area contributed by atoms with E-state index in [2.05, 4.69) is 40.1 Å². The van der Waals surface area contributed by atoms with Crippen molar-refractivity contribution in [2.75, 3.05) is 24.5 Å². The minimum Gasteiger partial charge on any atom is -0.391 e. The van der Waals surface area contributed by atoms with Crippen molar-refractivity contribution in [2.45, 2.75) is 94.7 Å². The number of aliphatic hydroxyl groups is 1. The van der Waals surface area contributed by atoms with E-state index >= 15 is 0 Å². The monoisotopic (exact) mass is 406 g/mol. The molecule has 2 aliphatic heterocycles. The van der Waals surface area contributed by atoms with E-state index in [1.54, 1.807) is 0 Å². The summed E-state index contributed by atoms with van der Waals surface area (Å²) in [6, 6.07) is 11.6. The molecule has 1 aromatic carbocycles. The molecule has 0 amide bonds. The van der Waals surface area contributed by atoms with Gasteiger partial charge in [0.2, 0.25) is 0 Å². The number of anilines is 1. The van der Waals surface area contributed by atoms with E-state index in [-0.39, 0.29) is 24.0 Å². The zero-order valence-corrected chi connectivity index (χ0v) is 18.2. The topological polar surface area (TPSA) is 26.7 Å². The van der Waals surface area contributed by atoms with Crippen molar-refractivity contribution in [1.29, 1.82) is 0 Å². The molecule has 0 radical (unpaired) electrons. The fraction of sp³-hybridized carbons (Fsp3) is 0.750. The number of rotatable bonds is 2. The smallest absolute Gasteiger partial charge is 0.0789 e. The van der Waals surface area contributed by atoms with Crippen LogP contribution in [0.15, 0.2) is 30.3 Å². The first kappa shape index (κ1) is 21.9. The zero-order valence-electron chi connectivity index (χ0n) is 17.4. The number of likely N-dealkylation sites (tertiary alicyclic amines) is 1. The van der Waals surface area contributed by atoms with Gasteiger partial charge in [-0.2, -0.15) is 0 Å². The Kier molecular flexibility index (Phi) is 8.08. The number of aliphatic hydroxyl groups excluding tert-OH is 1. The molecule has 0 unspecified atom stereocenters. The van der Waals surface area contributed by atoms with Gasteiger partial charge in [0.1, 0.15) is 0 Å². The van der Waals surface area contributed by atoms with Crippen molar-refractivity contribution in [3.63, 3.8) is 0 Å². The summed E-state index contributed by atoms with van der Waals surface area (Å²) >= 11 is 0. The van der Waals surface area contributed by atoms with Crippen molar-refractivity contribution in [3.8, 4) is 0 Å². The quantitative estimate of drug-likeness (QED) is 0.711. The highest BCUT2D eigenvalue weighted by Gasteiger charge is 2.50. The van der Waals surface area contributed by atoms with E-state index < -0.39 is 0 Å². The lowest BCUT2D eigenvalue weighted by Gasteiger charge is -2.49. The maximum atomic E-state index is 10.9. The number of nitrogens with zero attached hydrogens (tertiary/aromatic N) is 2. The van der Waals surface area contributed by atoms with Crippen molar-refractivity contribution in [1.82, 2.24) is 4.90 Å². The average Bonchev–Trinajstić information content (AvgIpc) is 3.03. The Morgan fingerprint density at radius 3 is 1.93 bits per heavy atom. The maximum absolute atomic E-state index is 10.9. The van der Waals surface area contributed by atoms with Crippen LogP contribution < -0.4 is 4.90 Å². The first-order valence-electron chi connectivity index (χ1n) is 11.5. The van der Waals surface area contributed by atoms with Gasteiger partial charge in [-0.1, -0.05) is 63.1 Å². The molecule has 4 rings (SSSR count). The Labute approximate surface area is 177 Å². The normalized spacial score (nSPS) is 27.5. The Balaban J connectivity index is 0.00000225. The van der Waals surface area contributed by atoms with Crippen LogP contribution in [0.4, 0.5) is 5.69 Å². The van der Waals surface area contributed by atoms with Gasteiger partial charge in [-0.15, -0.1) is 12.4 Å². The van der Waals surface area contributed by atoms with Crippen molar-refractivity contribution < 1.29 is 5.11 Å². The molecule has 1 saturated carbocycles. The molecule has 1 spiro atoms. The summed E-state index contributed by atoms with van der Waals surface area (Å²) in [6.07, 6.45) is 15.7. The lowest BCUT2D eigenvalue weighted by atomic mass is 9.81. The second kappa shape index (κ2) is 10.3. The van der Waals surface area contributed by atoms with Gasteiger partial charge in [-0.05, 0) is 44.2 Å². The van der Waals surface area contributed by atoms with E-state index in [1.165, 1.54) is 63.5 Å². The highest BCUT2D eigenvalue weighted by molar-refractivity contribution is 5.85. The Morgan fingerprint density at radius 1 is 0.750 bits per heavy atom. The number of para-hydroxylation sites is 1. The number of hydrogen-bond donors (Lipinski definition) is 1. The summed E-state index contributed by atoms with van der Waals surface area (Å²) in [7, 11) is 0. The van der Waals surface area contributed by atoms with E-state index in [1.807, 2.05) is 0 Å². The van der Waals surface area contributed by atoms with E-state index in [9.17, 15) is 5.11 Å². The summed E-state index contributed by atoms with van der Waals surface area (Å²) in [5.41, 5.74) is 1.26. The average molecular weight is 407 g/mol. The van der Waals surface area contributed by atoms with Crippen LogP contribution in [0.25, 0.3) is 0 Å². The fourth-order valence-electron chi connectivity index (χ4n) is 5.95. The second-order valence-corrected chi connectivity index (χ2v) is 9.14. The summed E-state index contributed by atoms with van der Waals surface area (Å²) in [5.74, 6) is 0. The first-order chi connectivity index (χ1) is 13.3. The summed E-state index contributed by atoms with van der Waals surface area (Å²) in [4.78, 5) is 5.31. The molecule has 2 heterocycles.